The predicted molar refractivity (Wildman–Crippen MR) is 131 cm³/mol. The van der Waals surface area contributed by atoms with E-state index < -0.39 is 31.9 Å². The third kappa shape index (κ3) is 6.68. The zero-order valence-electron chi connectivity index (χ0n) is 20.9. The number of likely N-dealkylation sites (tertiary alicyclic amines) is 1. The van der Waals surface area contributed by atoms with Crippen LogP contribution in [0.5, 0.6) is 5.75 Å². The molecule has 0 radical (unpaired) electrons. The number of carbonyl (C=O) groups is 2. The van der Waals surface area contributed by atoms with Crippen molar-refractivity contribution in [3.05, 3.63) is 24.0 Å². The molecule has 2 saturated heterocycles. The smallest absolute Gasteiger partial charge is 0.469 e. The number of anilines is 1. The first-order chi connectivity index (χ1) is 17.6. The third-order valence-electron chi connectivity index (χ3n) is 7.29. The Kier molecular flexibility index (Phi) is 8.88. The molecule has 0 spiro atoms. The maximum Gasteiger partial charge on any atom is 0.469 e. The lowest BCUT2D eigenvalue weighted by atomic mass is 9.78. The molecule has 0 bridgehead atoms. The monoisotopic (exact) mass is 543 g/mol. The number of piperazine rings is 1. The highest BCUT2D eigenvalue weighted by molar-refractivity contribution is 7.46. The Bertz CT molecular complexity index is 1030. The van der Waals surface area contributed by atoms with E-state index in [-0.39, 0.29) is 37.0 Å². The van der Waals surface area contributed by atoms with Crippen molar-refractivity contribution in [2.24, 2.45) is 11.8 Å². The maximum atomic E-state index is 13.9. The number of amides is 2. The molecular weight excluding hydrogens is 508 g/mol. The van der Waals surface area contributed by atoms with Crippen molar-refractivity contribution < 1.29 is 42.7 Å². The molecule has 2 amide bonds. The van der Waals surface area contributed by atoms with Crippen LogP contribution in [-0.4, -0.2) is 94.6 Å². The first-order valence-corrected chi connectivity index (χ1v) is 14.3. The molecule has 37 heavy (non-hydrogen) atoms. The zero-order valence-corrected chi connectivity index (χ0v) is 21.8. The molecule has 1 aromatic carbocycles. The highest BCUT2D eigenvalue weighted by atomic mass is 31.2. The van der Waals surface area contributed by atoms with Crippen molar-refractivity contribution in [1.29, 1.82) is 0 Å². The van der Waals surface area contributed by atoms with E-state index in [4.69, 9.17) is 14.5 Å². The second kappa shape index (κ2) is 11.8. The minimum atomic E-state index is -4.83. The number of hydrogen-bond acceptors (Lipinski definition) is 8. The molecule has 3 aliphatic rings. The lowest BCUT2D eigenvalue weighted by molar-refractivity contribution is -0.140. The molecule has 4 unspecified atom stereocenters. The number of ether oxygens (including phenoxy) is 1. The average molecular weight is 544 g/mol. The molecule has 4 rings (SSSR count). The van der Waals surface area contributed by atoms with Crippen LogP contribution in [-0.2, 0) is 18.7 Å². The number of imide groups is 1. The number of aliphatic hydroxyl groups is 1. The largest absolute Gasteiger partial charge is 0.491 e. The summed E-state index contributed by atoms with van der Waals surface area (Å²) in [6.07, 6.45) is -1.16. The number of hydrogen-bond donors (Lipinski definition) is 3. The molecule has 1 saturated carbocycles. The fourth-order valence-corrected chi connectivity index (χ4v) is 6.03. The predicted octanol–water partition coefficient (Wildman–Crippen LogP) is 1.36. The van der Waals surface area contributed by atoms with Crippen LogP contribution in [0.25, 0.3) is 0 Å². The van der Waals surface area contributed by atoms with Gasteiger partial charge in [0, 0.05) is 38.8 Å². The summed E-state index contributed by atoms with van der Waals surface area (Å²) in [6.45, 7) is 6.35. The van der Waals surface area contributed by atoms with Gasteiger partial charge in [0.15, 0.2) is 0 Å². The van der Waals surface area contributed by atoms with Crippen molar-refractivity contribution in [3.8, 4) is 5.75 Å². The van der Waals surface area contributed by atoms with Crippen molar-refractivity contribution in [1.82, 2.24) is 9.80 Å². The van der Waals surface area contributed by atoms with E-state index in [1.54, 1.807) is 6.07 Å². The summed E-state index contributed by atoms with van der Waals surface area (Å²) in [4.78, 5) is 49.4. The van der Waals surface area contributed by atoms with Crippen LogP contribution in [0.3, 0.4) is 0 Å². The SMILES string of the molecule is CCCOc1ccc(F)cc1N1CCN(CCCN2C(=O)C3CC(O)C(OP(=O)(O)O)CC3C2=O)CC1. The highest BCUT2D eigenvalue weighted by Crippen LogP contribution is 2.45. The van der Waals surface area contributed by atoms with E-state index >= 15 is 0 Å². The van der Waals surface area contributed by atoms with Gasteiger partial charge in [-0.2, -0.15) is 0 Å². The fourth-order valence-electron chi connectivity index (χ4n) is 5.45. The van der Waals surface area contributed by atoms with Gasteiger partial charge in [0.05, 0.1) is 36.3 Å². The van der Waals surface area contributed by atoms with E-state index in [1.165, 1.54) is 17.0 Å². The number of carbonyl (C=O) groups excluding carboxylic acids is 2. The summed E-state index contributed by atoms with van der Waals surface area (Å²) in [5.74, 6) is -1.81. The first-order valence-electron chi connectivity index (χ1n) is 12.7. The molecule has 0 aromatic heterocycles. The van der Waals surface area contributed by atoms with Gasteiger partial charge in [-0.05, 0) is 44.4 Å². The number of nitrogens with zero attached hydrogens (tertiary/aromatic N) is 3. The molecule has 3 N–H and O–H groups in total. The molecule has 206 valence electrons. The Labute approximate surface area is 215 Å². The lowest BCUT2D eigenvalue weighted by Gasteiger charge is -2.37. The molecule has 13 heteroatoms. The van der Waals surface area contributed by atoms with Crippen LogP contribution in [0.15, 0.2) is 18.2 Å². The van der Waals surface area contributed by atoms with Crippen LogP contribution in [0, 0.1) is 17.7 Å². The Hall–Kier alpha value is -2.08. The van der Waals surface area contributed by atoms with Crippen LogP contribution in [0.4, 0.5) is 10.1 Å². The topological polar surface area (TPSA) is 140 Å². The van der Waals surface area contributed by atoms with Gasteiger partial charge in [-0.1, -0.05) is 6.92 Å². The number of aliphatic hydroxyl groups excluding tert-OH is 1. The minimum absolute atomic E-state index is 0.0671. The van der Waals surface area contributed by atoms with Crippen LogP contribution < -0.4 is 9.64 Å². The Morgan fingerprint density at radius 3 is 2.38 bits per heavy atom. The van der Waals surface area contributed by atoms with Crippen LogP contribution in [0.1, 0.15) is 32.6 Å². The summed E-state index contributed by atoms with van der Waals surface area (Å²) >= 11 is 0. The number of halogens is 1. The Balaban J connectivity index is 1.26. The van der Waals surface area contributed by atoms with Gasteiger partial charge >= 0.3 is 7.82 Å². The zero-order chi connectivity index (χ0) is 26.7. The molecule has 4 atom stereocenters. The van der Waals surface area contributed by atoms with Crippen LogP contribution in [0.2, 0.25) is 0 Å². The van der Waals surface area contributed by atoms with Gasteiger partial charge in [0.2, 0.25) is 11.8 Å². The van der Waals surface area contributed by atoms with Crippen molar-refractivity contribution in [2.75, 3.05) is 50.8 Å². The number of fused-ring (bicyclic) bond motifs is 1. The van der Waals surface area contributed by atoms with Gasteiger partial charge in [0.1, 0.15) is 11.6 Å². The summed E-state index contributed by atoms with van der Waals surface area (Å²) in [7, 11) is -4.83. The number of phosphoric ester groups is 1. The van der Waals surface area contributed by atoms with Gasteiger partial charge in [-0.25, -0.2) is 8.96 Å². The number of phosphoric acid groups is 1. The van der Waals surface area contributed by atoms with Crippen molar-refractivity contribution in [2.45, 2.75) is 44.8 Å². The Morgan fingerprint density at radius 1 is 1.05 bits per heavy atom. The quantitative estimate of drug-likeness (QED) is 0.293. The van der Waals surface area contributed by atoms with E-state index in [1.807, 2.05) is 6.92 Å². The third-order valence-corrected chi connectivity index (χ3v) is 7.83. The van der Waals surface area contributed by atoms with Gasteiger partial charge in [-0.3, -0.25) is 23.9 Å². The van der Waals surface area contributed by atoms with E-state index in [2.05, 4.69) is 14.3 Å². The average Bonchev–Trinajstić information content (AvgIpc) is 3.07. The van der Waals surface area contributed by atoms with E-state index in [0.29, 0.717) is 38.4 Å². The van der Waals surface area contributed by atoms with Crippen molar-refractivity contribution in [3.63, 3.8) is 0 Å². The fraction of sp³-hybridized carbons (Fsp3) is 0.667. The molecule has 2 heterocycles. The molecule has 1 aromatic rings. The summed E-state index contributed by atoms with van der Waals surface area (Å²) in [5.41, 5.74) is 0.743. The molecule has 11 nitrogen and oxygen atoms in total. The lowest BCUT2D eigenvalue weighted by Crippen LogP contribution is -2.47. The van der Waals surface area contributed by atoms with Gasteiger partial charge in [0.25, 0.3) is 0 Å². The van der Waals surface area contributed by atoms with E-state index in [9.17, 15) is 23.7 Å². The summed E-state index contributed by atoms with van der Waals surface area (Å²) in [5, 5.41) is 10.2. The molecule has 1 aliphatic carbocycles. The van der Waals surface area contributed by atoms with Gasteiger partial charge < -0.3 is 24.5 Å². The second-order valence-corrected chi connectivity index (χ2v) is 11.0. The van der Waals surface area contributed by atoms with E-state index in [0.717, 1.165) is 25.2 Å². The first kappa shape index (κ1) is 27.9. The highest BCUT2D eigenvalue weighted by Gasteiger charge is 2.53. The molecule has 3 fully saturated rings. The minimum Gasteiger partial charge on any atom is -0.491 e. The van der Waals surface area contributed by atoms with Crippen LogP contribution >= 0.6 is 7.82 Å². The standard InChI is InChI=1S/C24H35FN3O8P/c1-2-12-35-21-5-4-16(25)13-19(21)27-10-8-26(9-11-27)6-3-7-28-23(30)17-14-20(29)22(36-37(32,33)34)15-18(17)24(28)31/h4-5,13,17-18,20,22,29H,2-3,6-12,14-15H2,1H3,(H2,32,33,34). The number of rotatable bonds is 10. The van der Waals surface area contributed by atoms with Gasteiger partial charge in [-0.15, -0.1) is 0 Å². The summed E-state index contributed by atoms with van der Waals surface area (Å²) < 4.78 is 35.5. The summed E-state index contributed by atoms with van der Waals surface area (Å²) in [6, 6.07) is 4.55. The molecule has 2 aliphatic heterocycles. The normalized spacial score (nSPS) is 27.1. The second-order valence-electron chi connectivity index (χ2n) is 9.86. The number of benzene rings is 1. The maximum absolute atomic E-state index is 13.9. The Morgan fingerprint density at radius 2 is 1.73 bits per heavy atom. The molecular formula is C24H35FN3O8P. The van der Waals surface area contributed by atoms with Crippen molar-refractivity contribution >= 4 is 25.3 Å².